The average Bonchev–Trinajstić information content (AvgIpc) is 3.07. The van der Waals surface area contributed by atoms with Crippen LogP contribution in [0.5, 0.6) is 5.75 Å². The van der Waals surface area contributed by atoms with Crippen molar-refractivity contribution in [1.82, 2.24) is 15.2 Å². The van der Waals surface area contributed by atoms with E-state index in [0.717, 1.165) is 53.6 Å². The highest BCUT2D eigenvalue weighted by Gasteiger charge is 2.16. The number of hydrogen-bond acceptors (Lipinski definition) is 6. The van der Waals surface area contributed by atoms with Crippen molar-refractivity contribution in [3.8, 4) is 17.0 Å². The molecule has 0 unspecified atom stereocenters. The van der Waals surface area contributed by atoms with Gasteiger partial charge >= 0.3 is 0 Å². The van der Waals surface area contributed by atoms with Crippen molar-refractivity contribution in [1.29, 1.82) is 0 Å². The van der Waals surface area contributed by atoms with Gasteiger partial charge in [-0.05, 0) is 36.8 Å². The van der Waals surface area contributed by atoms with E-state index in [1.54, 1.807) is 30.2 Å². The van der Waals surface area contributed by atoms with Gasteiger partial charge in [0, 0.05) is 16.3 Å². The van der Waals surface area contributed by atoms with Gasteiger partial charge in [0.1, 0.15) is 22.0 Å². The number of hydrogen-bond donors (Lipinski definition) is 0. The molecule has 0 fully saturated rings. The number of ether oxygens (including phenoxy) is 1. The van der Waals surface area contributed by atoms with Crippen LogP contribution in [0.25, 0.3) is 21.5 Å². The second kappa shape index (κ2) is 7.84. The Kier molecular flexibility index (Phi) is 5.29. The number of aryl methyl sites for hydroxylation is 1. The molecule has 0 saturated carbocycles. The highest BCUT2D eigenvalue weighted by molar-refractivity contribution is 7.98. The summed E-state index contributed by atoms with van der Waals surface area (Å²) in [6, 6.07) is 15.7. The third kappa shape index (κ3) is 3.93. The lowest BCUT2D eigenvalue weighted by Crippen LogP contribution is -1.93. The zero-order chi connectivity index (χ0) is 18.8. The average molecular weight is 414 g/mol. The third-order valence-electron chi connectivity index (χ3n) is 4.00. The van der Waals surface area contributed by atoms with E-state index >= 15 is 0 Å². The maximum Gasteiger partial charge on any atom is 0.146 e. The molecule has 4 nitrogen and oxygen atoms in total. The molecule has 0 saturated heterocycles. The zero-order valence-electron chi connectivity index (χ0n) is 14.8. The van der Waals surface area contributed by atoms with E-state index in [1.165, 1.54) is 0 Å². The molecule has 2 heterocycles. The number of thiazole rings is 1. The Morgan fingerprint density at radius 2 is 1.96 bits per heavy atom. The first-order chi connectivity index (χ1) is 13.1. The zero-order valence-corrected chi connectivity index (χ0v) is 17.2. The summed E-state index contributed by atoms with van der Waals surface area (Å²) in [5, 5.41) is 11.6. The van der Waals surface area contributed by atoms with Crippen LogP contribution in [0.2, 0.25) is 5.02 Å². The lowest BCUT2D eigenvalue weighted by Gasteiger charge is -2.07. The standard InChI is InChI=1S/C20H16ClN3OS2/c1-12-22-18-19(27-12)17(14-6-4-8-16(10-14)25-2)23-24-20(18)26-11-13-5-3-7-15(21)9-13/h3-10H,11H2,1-2H3. The van der Waals surface area contributed by atoms with Crippen LogP contribution in [0.4, 0.5) is 0 Å². The molecule has 136 valence electrons. The van der Waals surface area contributed by atoms with Crippen molar-refractivity contribution in [2.75, 3.05) is 7.11 Å². The third-order valence-corrected chi connectivity index (χ3v) is 6.24. The van der Waals surface area contributed by atoms with Crippen LogP contribution in [0.15, 0.2) is 53.6 Å². The second-order valence-electron chi connectivity index (χ2n) is 5.91. The summed E-state index contributed by atoms with van der Waals surface area (Å²) in [6.07, 6.45) is 0. The van der Waals surface area contributed by atoms with Crippen molar-refractivity contribution in [2.24, 2.45) is 0 Å². The van der Waals surface area contributed by atoms with E-state index in [1.807, 2.05) is 49.4 Å². The van der Waals surface area contributed by atoms with Gasteiger partial charge in [0.15, 0.2) is 0 Å². The molecule has 0 bridgehead atoms. The number of benzene rings is 2. The van der Waals surface area contributed by atoms with E-state index in [-0.39, 0.29) is 0 Å². The van der Waals surface area contributed by atoms with Gasteiger partial charge in [0.25, 0.3) is 0 Å². The molecule has 4 rings (SSSR count). The van der Waals surface area contributed by atoms with Gasteiger partial charge in [0.05, 0.1) is 16.8 Å². The van der Waals surface area contributed by atoms with E-state index < -0.39 is 0 Å². The van der Waals surface area contributed by atoms with E-state index in [0.29, 0.717) is 0 Å². The molecule has 0 atom stereocenters. The molecule has 2 aromatic carbocycles. The van der Waals surface area contributed by atoms with Crippen LogP contribution in [0.3, 0.4) is 0 Å². The number of rotatable bonds is 5. The molecule has 0 N–H and O–H groups in total. The lowest BCUT2D eigenvalue weighted by atomic mass is 10.1. The molecule has 0 aliphatic rings. The number of methoxy groups -OCH3 is 1. The van der Waals surface area contributed by atoms with E-state index in [2.05, 4.69) is 16.3 Å². The number of thioether (sulfide) groups is 1. The van der Waals surface area contributed by atoms with Crippen molar-refractivity contribution in [2.45, 2.75) is 17.7 Å². The number of fused-ring (bicyclic) bond motifs is 1. The molecule has 7 heteroatoms. The lowest BCUT2D eigenvalue weighted by molar-refractivity contribution is 0.415. The van der Waals surface area contributed by atoms with Crippen molar-refractivity contribution in [3.63, 3.8) is 0 Å². The fraction of sp³-hybridized carbons (Fsp3) is 0.150. The van der Waals surface area contributed by atoms with Gasteiger partial charge in [-0.15, -0.1) is 21.5 Å². The van der Waals surface area contributed by atoms with Crippen molar-refractivity contribution < 1.29 is 4.74 Å². The SMILES string of the molecule is COc1cccc(-c2nnc(SCc3cccc(Cl)c3)c3nc(C)sc23)c1. The molecular formula is C20H16ClN3OS2. The topological polar surface area (TPSA) is 47.9 Å². The number of nitrogens with zero attached hydrogens (tertiary/aromatic N) is 3. The maximum atomic E-state index is 6.08. The largest absolute Gasteiger partial charge is 0.497 e. The highest BCUT2D eigenvalue weighted by atomic mass is 35.5. The highest BCUT2D eigenvalue weighted by Crippen LogP contribution is 2.37. The summed E-state index contributed by atoms with van der Waals surface area (Å²) in [6.45, 7) is 2.01. The molecule has 4 aromatic rings. The quantitative estimate of drug-likeness (QED) is 0.374. The predicted molar refractivity (Wildman–Crippen MR) is 113 cm³/mol. The first kappa shape index (κ1) is 18.2. The van der Waals surface area contributed by atoms with Gasteiger partial charge in [-0.1, -0.05) is 47.6 Å². The summed E-state index contributed by atoms with van der Waals surface area (Å²) in [5.74, 6) is 1.56. The fourth-order valence-corrected chi connectivity index (χ4v) is 4.83. The van der Waals surface area contributed by atoms with E-state index in [9.17, 15) is 0 Å². The van der Waals surface area contributed by atoms with Gasteiger partial charge in [-0.3, -0.25) is 0 Å². The van der Waals surface area contributed by atoms with Crippen LogP contribution in [0.1, 0.15) is 10.6 Å². The summed E-state index contributed by atoms with van der Waals surface area (Å²) in [5.41, 5.74) is 3.85. The van der Waals surface area contributed by atoms with Gasteiger partial charge in [0.2, 0.25) is 0 Å². The fourth-order valence-electron chi connectivity index (χ4n) is 2.76. The van der Waals surface area contributed by atoms with Gasteiger partial charge in [-0.2, -0.15) is 0 Å². The molecule has 2 aromatic heterocycles. The Balaban J connectivity index is 1.71. The summed E-state index contributed by atoms with van der Waals surface area (Å²) in [4.78, 5) is 4.71. The van der Waals surface area contributed by atoms with E-state index in [4.69, 9.17) is 21.3 Å². The van der Waals surface area contributed by atoms with Gasteiger partial charge < -0.3 is 4.74 Å². The van der Waals surface area contributed by atoms with Crippen LogP contribution in [0, 0.1) is 6.92 Å². The second-order valence-corrected chi connectivity index (χ2v) is 8.52. The smallest absolute Gasteiger partial charge is 0.146 e. The van der Waals surface area contributed by atoms with Crippen LogP contribution < -0.4 is 4.74 Å². The first-order valence-electron chi connectivity index (χ1n) is 8.29. The van der Waals surface area contributed by atoms with Crippen molar-refractivity contribution >= 4 is 44.9 Å². The Morgan fingerprint density at radius 1 is 1.11 bits per heavy atom. The maximum absolute atomic E-state index is 6.08. The monoisotopic (exact) mass is 413 g/mol. The first-order valence-corrected chi connectivity index (χ1v) is 10.5. The minimum atomic E-state index is 0.738. The molecule has 0 aliphatic carbocycles. The predicted octanol–water partition coefficient (Wildman–Crippen LogP) is 6.02. The molecule has 0 aliphatic heterocycles. The Hall–Kier alpha value is -2.15. The molecule has 0 spiro atoms. The molecule has 0 radical (unpaired) electrons. The Morgan fingerprint density at radius 3 is 2.78 bits per heavy atom. The van der Waals surface area contributed by atoms with Crippen molar-refractivity contribution in [3.05, 3.63) is 64.1 Å². The normalized spacial score (nSPS) is 11.1. The molecule has 0 amide bonds. The van der Waals surface area contributed by atoms with Crippen LogP contribution in [-0.4, -0.2) is 22.3 Å². The van der Waals surface area contributed by atoms with Crippen LogP contribution in [-0.2, 0) is 5.75 Å². The Bertz CT molecular complexity index is 1110. The number of halogens is 1. The Labute approximate surface area is 170 Å². The number of aromatic nitrogens is 3. The minimum Gasteiger partial charge on any atom is -0.497 e. The summed E-state index contributed by atoms with van der Waals surface area (Å²) >= 11 is 9.34. The summed E-state index contributed by atoms with van der Waals surface area (Å²) < 4.78 is 6.38. The minimum absolute atomic E-state index is 0.738. The van der Waals surface area contributed by atoms with Crippen LogP contribution >= 0.6 is 34.7 Å². The molecular weight excluding hydrogens is 398 g/mol. The summed E-state index contributed by atoms with van der Waals surface area (Å²) in [7, 11) is 1.66. The molecule has 27 heavy (non-hydrogen) atoms. The van der Waals surface area contributed by atoms with Gasteiger partial charge in [-0.25, -0.2) is 4.98 Å².